The molecule has 1 aliphatic heterocycles. The van der Waals surface area contributed by atoms with Gasteiger partial charge in [-0.1, -0.05) is 54.6 Å². The van der Waals surface area contributed by atoms with Crippen molar-refractivity contribution in [3.05, 3.63) is 133 Å². The number of hydrogen-bond donors (Lipinski definition) is 1. The van der Waals surface area contributed by atoms with Crippen molar-refractivity contribution in [2.24, 2.45) is 0 Å². The van der Waals surface area contributed by atoms with Gasteiger partial charge >= 0.3 is 0 Å². The fourth-order valence-electron chi connectivity index (χ4n) is 4.49. The Kier molecular flexibility index (Phi) is 5.93. The van der Waals surface area contributed by atoms with Crippen molar-refractivity contribution in [2.45, 2.75) is 12.1 Å². The second-order valence-electron chi connectivity index (χ2n) is 8.47. The summed E-state index contributed by atoms with van der Waals surface area (Å²) in [5.41, 5.74) is 2.86. The summed E-state index contributed by atoms with van der Waals surface area (Å²) in [4.78, 5) is 6.71. The molecule has 5 aromatic rings. The van der Waals surface area contributed by atoms with Crippen molar-refractivity contribution in [3.8, 4) is 22.8 Å². The van der Waals surface area contributed by atoms with E-state index < -0.39 is 0 Å². The Morgan fingerprint density at radius 2 is 1.44 bits per heavy atom. The summed E-state index contributed by atoms with van der Waals surface area (Å²) in [6.07, 6.45) is 1.80. The summed E-state index contributed by atoms with van der Waals surface area (Å²) in [5.74, 6) is 3.17. The van der Waals surface area contributed by atoms with Crippen LogP contribution in [0.15, 0.2) is 126 Å². The topological polar surface area (TPSA) is 50.5 Å². The maximum Gasteiger partial charge on any atom is 0.174 e. The number of nitrogens with zero attached hydrogens (tertiary/aromatic N) is 2. The third-order valence-corrected chi connectivity index (χ3v) is 6.48. The average Bonchev–Trinajstić information content (AvgIpc) is 3.56. The molecule has 0 spiro atoms. The molecule has 5 nitrogen and oxygen atoms in total. The first-order valence-electron chi connectivity index (χ1n) is 11.7. The maximum atomic E-state index is 6.41. The number of furan rings is 1. The van der Waals surface area contributed by atoms with Crippen molar-refractivity contribution in [2.75, 3.05) is 4.90 Å². The quantitative estimate of drug-likeness (QED) is 0.252. The minimum Gasteiger partial charge on any atom is -0.459 e. The number of benzene rings is 3. The van der Waals surface area contributed by atoms with Crippen molar-refractivity contribution in [1.29, 1.82) is 0 Å². The van der Waals surface area contributed by atoms with Crippen LogP contribution < -0.4 is 15.0 Å². The third-order valence-electron chi connectivity index (χ3n) is 6.17. The van der Waals surface area contributed by atoms with Gasteiger partial charge in [-0.05, 0) is 72.9 Å². The number of rotatable bonds is 6. The molecule has 0 aliphatic carbocycles. The lowest BCUT2D eigenvalue weighted by Crippen LogP contribution is -2.29. The number of hydrogen-bond acceptors (Lipinski definition) is 4. The van der Waals surface area contributed by atoms with Crippen molar-refractivity contribution in [3.63, 3.8) is 0 Å². The number of aromatic nitrogens is 1. The van der Waals surface area contributed by atoms with Gasteiger partial charge in [0.1, 0.15) is 29.1 Å². The van der Waals surface area contributed by atoms with Gasteiger partial charge in [-0.15, -0.1) is 0 Å². The van der Waals surface area contributed by atoms with Gasteiger partial charge in [0.25, 0.3) is 0 Å². The number of para-hydroxylation sites is 1. The molecule has 2 unspecified atom stereocenters. The molecule has 1 fully saturated rings. The second kappa shape index (κ2) is 9.68. The molecule has 1 aliphatic rings. The highest BCUT2D eigenvalue weighted by molar-refractivity contribution is 7.80. The van der Waals surface area contributed by atoms with Crippen molar-refractivity contribution in [1.82, 2.24) is 10.3 Å². The van der Waals surface area contributed by atoms with E-state index >= 15 is 0 Å². The molecule has 0 amide bonds. The van der Waals surface area contributed by atoms with E-state index in [-0.39, 0.29) is 12.1 Å². The van der Waals surface area contributed by atoms with Crippen LogP contribution >= 0.6 is 12.2 Å². The van der Waals surface area contributed by atoms with Gasteiger partial charge in [0.15, 0.2) is 5.11 Å². The lowest BCUT2D eigenvalue weighted by atomic mass is 10.0. The molecule has 2 atom stereocenters. The molecular weight excluding hydrogens is 466 g/mol. The van der Waals surface area contributed by atoms with Gasteiger partial charge in [0.2, 0.25) is 0 Å². The van der Waals surface area contributed by atoms with E-state index in [0.717, 1.165) is 40.0 Å². The summed E-state index contributed by atoms with van der Waals surface area (Å²) < 4.78 is 12.4. The van der Waals surface area contributed by atoms with Crippen molar-refractivity contribution < 1.29 is 9.15 Å². The lowest BCUT2D eigenvalue weighted by Gasteiger charge is -2.26. The van der Waals surface area contributed by atoms with Crippen molar-refractivity contribution >= 4 is 23.0 Å². The molecule has 3 aromatic carbocycles. The largest absolute Gasteiger partial charge is 0.459 e. The summed E-state index contributed by atoms with van der Waals surface area (Å²) in [6, 6.07) is 37.3. The van der Waals surface area contributed by atoms with E-state index in [9.17, 15) is 0 Å². The molecule has 6 rings (SSSR count). The zero-order valence-corrected chi connectivity index (χ0v) is 20.1. The summed E-state index contributed by atoms with van der Waals surface area (Å²) in [5, 5.41) is 4.09. The number of nitrogens with one attached hydrogen (secondary N) is 1. The molecule has 2 aromatic heterocycles. The Morgan fingerprint density at radius 3 is 2.17 bits per heavy atom. The third kappa shape index (κ3) is 4.34. The minimum atomic E-state index is -0.217. The predicted molar refractivity (Wildman–Crippen MR) is 145 cm³/mol. The Balaban J connectivity index is 1.36. The second-order valence-corrected chi connectivity index (χ2v) is 8.86. The molecule has 3 heterocycles. The first kappa shape index (κ1) is 22.1. The highest BCUT2D eigenvalue weighted by atomic mass is 32.1. The zero-order chi connectivity index (χ0) is 24.3. The molecular formula is C30H23N3O2S. The molecule has 176 valence electrons. The van der Waals surface area contributed by atoms with E-state index in [0.29, 0.717) is 5.11 Å². The van der Waals surface area contributed by atoms with E-state index in [1.807, 2.05) is 115 Å². The summed E-state index contributed by atoms with van der Waals surface area (Å²) in [6.45, 7) is 0. The lowest BCUT2D eigenvalue weighted by molar-refractivity contribution is 0.439. The molecule has 36 heavy (non-hydrogen) atoms. The van der Waals surface area contributed by atoms with E-state index in [4.69, 9.17) is 21.4 Å². The van der Waals surface area contributed by atoms with Gasteiger partial charge in [-0.25, -0.2) is 0 Å². The molecule has 0 radical (unpaired) electrons. The van der Waals surface area contributed by atoms with Crippen LogP contribution in [-0.2, 0) is 0 Å². The van der Waals surface area contributed by atoms with E-state index in [1.165, 1.54) is 0 Å². The Morgan fingerprint density at radius 1 is 0.750 bits per heavy atom. The van der Waals surface area contributed by atoms with Crippen LogP contribution in [0.1, 0.15) is 23.5 Å². The van der Waals surface area contributed by atoms with Crippen LogP contribution in [0.2, 0.25) is 0 Å². The van der Waals surface area contributed by atoms with Gasteiger partial charge in [0.05, 0.1) is 11.7 Å². The van der Waals surface area contributed by atoms with E-state index in [2.05, 4.69) is 15.2 Å². The molecule has 1 saturated heterocycles. The first-order chi connectivity index (χ1) is 17.8. The number of anilines is 1. The monoisotopic (exact) mass is 489 g/mol. The van der Waals surface area contributed by atoms with Gasteiger partial charge in [-0.2, -0.15) is 0 Å². The van der Waals surface area contributed by atoms with Crippen LogP contribution in [0, 0.1) is 0 Å². The Hall–Kier alpha value is -4.42. The van der Waals surface area contributed by atoms with Crippen LogP contribution in [0.5, 0.6) is 11.5 Å². The van der Waals surface area contributed by atoms with Gasteiger partial charge in [-0.3, -0.25) is 4.98 Å². The Bertz CT molecular complexity index is 1450. The van der Waals surface area contributed by atoms with Gasteiger partial charge in [0, 0.05) is 17.4 Å². The van der Waals surface area contributed by atoms with Gasteiger partial charge < -0.3 is 19.4 Å². The predicted octanol–water partition coefficient (Wildman–Crippen LogP) is 7.31. The zero-order valence-electron chi connectivity index (χ0n) is 19.3. The van der Waals surface area contributed by atoms with E-state index in [1.54, 1.807) is 6.20 Å². The van der Waals surface area contributed by atoms with Crippen LogP contribution in [0.3, 0.4) is 0 Å². The van der Waals surface area contributed by atoms with Crippen LogP contribution in [-0.4, -0.2) is 10.1 Å². The molecule has 0 saturated carbocycles. The number of pyridine rings is 1. The number of thiocarbonyl (C=S) groups is 1. The maximum absolute atomic E-state index is 6.41. The standard InChI is InChI=1S/C30H23N3O2S/c36-30-32-28(25-13-7-8-20-31-25)29(27-19-18-26(35-27)21-9-3-1-4-10-21)33(30)22-14-16-24(17-15-22)34-23-11-5-2-6-12-23/h1-20,28-29H,(H,32,36). The Labute approximate surface area is 215 Å². The number of ether oxygens (including phenoxy) is 1. The highest BCUT2D eigenvalue weighted by Gasteiger charge is 2.42. The molecule has 1 N–H and O–H groups in total. The van der Waals surface area contributed by atoms with Crippen LogP contribution in [0.4, 0.5) is 5.69 Å². The molecule has 0 bridgehead atoms. The smallest absolute Gasteiger partial charge is 0.174 e. The first-order valence-corrected chi connectivity index (χ1v) is 12.2. The van der Waals surface area contributed by atoms with Crippen LogP contribution in [0.25, 0.3) is 11.3 Å². The summed E-state index contributed by atoms with van der Waals surface area (Å²) in [7, 11) is 0. The highest BCUT2D eigenvalue weighted by Crippen LogP contribution is 2.43. The fourth-order valence-corrected chi connectivity index (χ4v) is 4.84. The average molecular weight is 490 g/mol. The normalized spacial score (nSPS) is 17.1. The fraction of sp³-hybridized carbons (Fsp3) is 0.0667. The summed E-state index contributed by atoms with van der Waals surface area (Å²) >= 11 is 5.83. The minimum absolute atomic E-state index is 0.172. The molecule has 6 heteroatoms. The SMILES string of the molecule is S=C1NC(c2ccccn2)C(c2ccc(-c3ccccc3)o2)N1c1ccc(Oc2ccccc2)cc1.